The van der Waals surface area contributed by atoms with Crippen molar-refractivity contribution in [3.8, 4) is 0 Å². The molecule has 56 valence electrons. The molecule has 0 heterocycles. The second-order valence-electron chi connectivity index (χ2n) is 3.06. The molecule has 9 heavy (non-hydrogen) atoms. The van der Waals surface area contributed by atoms with Crippen LogP contribution in [0.15, 0.2) is 0 Å². The third-order valence-corrected chi connectivity index (χ3v) is 1.24. The van der Waals surface area contributed by atoms with Gasteiger partial charge in [-0.25, -0.2) is 0 Å². The number of aliphatic hydroxyl groups is 1. The smallest absolute Gasteiger partial charge is 0.0591 e. The lowest BCUT2D eigenvalue weighted by Gasteiger charge is -2.15. The Morgan fingerprint density at radius 2 is 1.89 bits per heavy atom. The van der Waals surface area contributed by atoms with Crippen molar-refractivity contribution in [2.45, 2.75) is 38.7 Å². The summed E-state index contributed by atoms with van der Waals surface area (Å²) >= 11 is 0. The van der Waals surface area contributed by atoms with Crippen LogP contribution in [0.5, 0.6) is 0 Å². The minimum atomic E-state index is -0.505. The van der Waals surface area contributed by atoms with Crippen molar-refractivity contribution in [1.82, 2.24) is 0 Å². The highest BCUT2D eigenvalue weighted by atomic mass is 16.3. The first-order chi connectivity index (χ1) is 4.06. The average molecular weight is 131 g/mol. The fourth-order valence-corrected chi connectivity index (χ4v) is 0.702. The Morgan fingerprint density at radius 1 is 1.33 bits per heavy atom. The van der Waals surface area contributed by atoms with Crippen molar-refractivity contribution in [3.63, 3.8) is 0 Å². The molecule has 0 saturated carbocycles. The van der Waals surface area contributed by atoms with E-state index in [1.54, 1.807) is 0 Å². The first kappa shape index (κ1) is 8.92. The van der Waals surface area contributed by atoms with E-state index in [0.717, 1.165) is 25.8 Å². The minimum Gasteiger partial charge on any atom is -0.390 e. The quantitative estimate of drug-likeness (QED) is 0.556. The molecule has 0 aromatic rings. The Kier molecular flexibility index (Phi) is 3.82. The molecule has 0 fully saturated rings. The molecule has 0 aliphatic carbocycles. The Labute approximate surface area is 57.1 Å². The SMILES string of the molecule is CC(C)(O)CCCCN. The summed E-state index contributed by atoms with van der Waals surface area (Å²) in [4.78, 5) is 0. The summed E-state index contributed by atoms with van der Waals surface area (Å²) in [6.07, 6.45) is 2.90. The molecule has 0 aromatic heterocycles. The summed E-state index contributed by atoms with van der Waals surface area (Å²) in [5.41, 5.74) is 4.77. The first-order valence-corrected chi connectivity index (χ1v) is 3.49. The van der Waals surface area contributed by atoms with Gasteiger partial charge in [-0.3, -0.25) is 0 Å². The maximum atomic E-state index is 9.20. The lowest BCUT2D eigenvalue weighted by molar-refractivity contribution is 0.0684. The molecule has 2 heteroatoms. The van der Waals surface area contributed by atoms with Gasteiger partial charge in [0.25, 0.3) is 0 Å². The molecule has 3 N–H and O–H groups in total. The van der Waals surface area contributed by atoms with Gasteiger partial charge in [0.05, 0.1) is 5.60 Å². The maximum absolute atomic E-state index is 9.20. The standard InChI is InChI=1S/C7H17NO/c1-7(2,9)5-3-4-6-8/h9H,3-6,8H2,1-2H3. The number of hydrogen-bond donors (Lipinski definition) is 2. The molecular formula is C7H17NO. The summed E-state index contributed by atoms with van der Waals surface area (Å²) < 4.78 is 0. The van der Waals surface area contributed by atoms with Crippen molar-refractivity contribution in [3.05, 3.63) is 0 Å². The van der Waals surface area contributed by atoms with Crippen LogP contribution in [0.25, 0.3) is 0 Å². The molecule has 0 spiro atoms. The lowest BCUT2D eigenvalue weighted by Crippen LogP contribution is -2.18. The molecule has 0 amide bonds. The third kappa shape index (κ3) is 7.92. The molecule has 0 aliphatic heterocycles. The fourth-order valence-electron chi connectivity index (χ4n) is 0.702. The van der Waals surface area contributed by atoms with Crippen LogP contribution in [0.4, 0.5) is 0 Å². The number of rotatable bonds is 4. The summed E-state index contributed by atoms with van der Waals surface area (Å²) in [6, 6.07) is 0. The summed E-state index contributed by atoms with van der Waals surface area (Å²) in [7, 11) is 0. The van der Waals surface area contributed by atoms with Gasteiger partial charge >= 0.3 is 0 Å². The van der Waals surface area contributed by atoms with E-state index in [4.69, 9.17) is 5.73 Å². The van der Waals surface area contributed by atoms with Crippen molar-refractivity contribution < 1.29 is 5.11 Å². The van der Waals surface area contributed by atoms with Gasteiger partial charge in [0.2, 0.25) is 0 Å². The number of unbranched alkanes of at least 4 members (excludes halogenated alkanes) is 1. The van der Waals surface area contributed by atoms with Gasteiger partial charge < -0.3 is 10.8 Å². The molecule has 0 saturated heterocycles. The van der Waals surface area contributed by atoms with E-state index in [0.29, 0.717) is 0 Å². The van der Waals surface area contributed by atoms with Gasteiger partial charge in [-0.05, 0) is 39.7 Å². The van der Waals surface area contributed by atoms with E-state index in [-0.39, 0.29) is 0 Å². The van der Waals surface area contributed by atoms with E-state index < -0.39 is 5.60 Å². The zero-order valence-electron chi connectivity index (χ0n) is 6.35. The highest BCUT2D eigenvalue weighted by Crippen LogP contribution is 2.10. The predicted molar refractivity (Wildman–Crippen MR) is 39.2 cm³/mol. The molecular weight excluding hydrogens is 114 g/mol. The maximum Gasteiger partial charge on any atom is 0.0591 e. The van der Waals surface area contributed by atoms with E-state index in [9.17, 15) is 5.11 Å². The topological polar surface area (TPSA) is 46.2 Å². The van der Waals surface area contributed by atoms with E-state index >= 15 is 0 Å². The highest BCUT2D eigenvalue weighted by Gasteiger charge is 2.10. The van der Waals surface area contributed by atoms with E-state index in [1.807, 2.05) is 13.8 Å². The summed E-state index contributed by atoms with van der Waals surface area (Å²) in [5, 5.41) is 9.20. The van der Waals surface area contributed by atoms with E-state index in [2.05, 4.69) is 0 Å². The monoisotopic (exact) mass is 131 g/mol. The molecule has 0 aromatic carbocycles. The van der Waals surface area contributed by atoms with Crippen LogP contribution in [0, 0.1) is 0 Å². The molecule has 0 unspecified atom stereocenters. The van der Waals surface area contributed by atoms with Crippen LogP contribution in [0.3, 0.4) is 0 Å². The first-order valence-electron chi connectivity index (χ1n) is 3.49. The highest BCUT2D eigenvalue weighted by molar-refractivity contribution is 4.64. The van der Waals surface area contributed by atoms with Crippen LogP contribution in [-0.2, 0) is 0 Å². The van der Waals surface area contributed by atoms with Crippen LogP contribution >= 0.6 is 0 Å². The van der Waals surface area contributed by atoms with Crippen molar-refractivity contribution in [1.29, 1.82) is 0 Å². The molecule has 2 nitrogen and oxygen atoms in total. The largest absolute Gasteiger partial charge is 0.390 e. The fraction of sp³-hybridized carbons (Fsp3) is 1.00. The second kappa shape index (κ2) is 3.85. The van der Waals surface area contributed by atoms with Gasteiger partial charge in [0.15, 0.2) is 0 Å². The van der Waals surface area contributed by atoms with Gasteiger partial charge in [-0.2, -0.15) is 0 Å². The van der Waals surface area contributed by atoms with E-state index in [1.165, 1.54) is 0 Å². The Bertz CT molecular complexity index is 65.8. The van der Waals surface area contributed by atoms with Gasteiger partial charge in [-0.15, -0.1) is 0 Å². The zero-order valence-corrected chi connectivity index (χ0v) is 6.35. The zero-order chi connectivity index (χ0) is 7.33. The van der Waals surface area contributed by atoms with Crippen LogP contribution in [0.1, 0.15) is 33.1 Å². The Morgan fingerprint density at radius 3 is 2.22 bits per heavy atom. The normalized spacial score (nSPS) is 12.0. The van der Waals surface area contributed by atoms with Crippen molar-refractivity contribution in [2.24, 2.45) is 5.73 Å². The lowest BCUT2D eigenvalue weighted by atomic mass is 10.0. The molecule has 0 atom stereocenters. The Balaban J connectivity index is 3.07. The molecule has 0 aliphatic rings. The average Bonchev–Trinajstić information content (AvgIpc) is 1.63. The van der Waals surface area contributed by atoms with Crippen LogP contribution in [-0.4, -0.2) is 17.3 Å². The summed E-state index contributed by atoms with van der Waals surface area (Å²) in [6.45, 7) is 4.38. The molecule has 0 bridgehead atoms. The van der Waals surface area contributed by atoms with Crippen LogP contribution < -0.4 is 5.73 Å². The molecule has 0 rings (SSSR count). The summed E-state index contributed by atoms with van der Waals surface area (Å²) in [5.74, 6) is 0. The minimum absolute atomic E-state index is 0.505. The number of hydrogen-bond acceptors (Lipinski definition) is 2. The van der Waals surface area contributed by atoms with Gasteiger partial charge in [0, 0.05) is 0 Å². The van der Waals surface area contributed by atoms with Gasteiger partial charge in [0.1, 0.15) is 0 Å². The third-order valence-electron chi connectivity index (χ3n) is 1.24. The Hall–Kier alpha value is -0.0800. The predicted octanol–water partition coefficient (Wildman–Crippen LogP) is 0.886. The van der Waals surface area contributed by atoms with Crippen molar-refractivity contribution in [2.75, 3.05) is 6.54 Å². The number of nitrogens with two attached hydrogens (primary N) is 1. The molecule has 0 radical (unpaired) electrons. The van der Waals surface area contributed by atoms with Gasteiger partial charge in [-0.1, -0.05) is 0 Å². The van der Waals surface area contributed by atoms with Crippen molar-refractivity contribution >= 4 is 0 Å². The second-order valence-corrected chi connectivity index (χ2v) is 3.06. The van der Waals surface area contributed by atoms with Crippen LogP contribution in [0.2, 0.25) is 0 Å².